The summed E-state index contributed by atoms with van der Waals surface area (Å²) in [4.78, 5) is 33.6. The molecule has 0 rings (SSSR count). The van der Waals surface area contributed by atoms with Crippen LogP contribution in [0.1, 0.15) is 20.8 Å². The van der Waals surface area contributed by atoms with Gasteiger partial charge in [-0.2, -0.15) is 0 Å². The number of hydrogen-bond donors (Lipinski definition) is 5. The Balaban J connectivity index is 4.26. The topological polar surface area (TPSA) is 142 Å². The Morgan fingerprint density at radius 2 is 1.74 bits per heavy atom. The van der Waals surface area contributed by atoms with Crippen molar-refractivity contribution in [2.75, 3.05) is 6.54 Å². The molecule has 0 aromatic rings. The van der Waals surface area contributed by atoms with Gasteiger partial charge in [0.15, 0.2) is 6.04 Å². The second-order valence-corrected chi connectivity index (χ2v) is 4.61. The molecule has 0 aliphatic heterocycles. The highest BCUT2D eigenvalue weighted by Crippen LogP contribution is 1.97. The summed E-state index contributed by atoms with van der Waals surface area (Å²) in [6.45, 7) is 4.37. The molecule has 0 saturated carbocycles. The molecule has 0 saturated heterocycles. The lowest BCUT2D eigenvalue weighted by Crippen LogP contribution is -2.52. The van der Waals surface area contributed by atoms with Crippen molar-refractivity contribution in [2.45, 2.75) is 39.0 Å². The molecular weight excluding hydrogens is 254 g/mol. The molecule has 0 aliphatic carbocycles. The van der Waals surface area contributed by atoms with Crippen molar-refractivity contribution in [3.63, 3.8) is 0 Å². The molecule has 0 spiro atoms. The van der Waals surface area contributed by atoms with Crippen LogP contribution in [-0.4, -0.2) is 52.7 Å². The second-order valence-electron chi connectivity index (χ2n) is 4.61. The Kier molecular flexibility index (Phi) is 7.02. The summed E-state index contributed by atoms with van der Waals surface area (Å²) < 4.78 is 0. The molecule has 2 amide bonds. The van der Waals surface area contributed by atoms with E-state index in [1.165, 1.54) is 6.92 Å². The minimum atomic E-state index is -1.41. The van der Waals surface area contributed by atoms with E-state index in [4.69, 9.17) is 15.9 Å². The van der Waals surface area contributed by atoms with Crippen LogP contribution in [0.15, 0.2) is 0 Å². The average Bonchev–Trinajstić information content (AvgIpc) is 2.30. The maximum absolute atomic E-state index is 11.5. The van der Waals surface area contributed by atoms with Crippen LogP contribution in [0.5, 0.6) is 0 Å². The van der Waals surface area contributed by atoms with Crippen LogP contribution >= 0.6 is 0 Å². The number of aliphatic carboxylic acids is 1. The number of carboxylic acid groups (broad SMARTS) is 1. The molecule has 0 aromatic carbocycles. The fourth-order valence-electron chi connectivity index (χ4n) is 1.20. The molecule has 0 aliphatic rings. The number of carbonyl (C=O) groups excluding carboxylic acids is 2. The fraction of sp³-hybridized carbons (Fsp3) is 0.727. The molecule has 0 aromatic heterocycles. The van der Waals surface area contributed by atoms with Crippen molar-refractivity contribution in [1.82, 2.24) is 10.6 Å². The number of hydrogen-bond acceptors (Lipinski definition) is 5. The molecule has 3 atom stereocenters. The standard InChI is InChI=1S/C11H21N3O5/c1-5(2)8(12)10(17)13-4-7(16)14-9(6(3)15)11(18)19/h5-6,8-9,15H,4,12H2,1-3H3,(H,13,17)(H,14,16)(H,18,19)/t6-,8+,9+/m1/s1. The smallest absolute Gasteiger partial charge is 0.328 e. The molecule has 0 radical (unpaired) electrons. The summed E-state index contributed by atoms with van der Waals surface area (Å²) >= 11 is 0. The van der Waals surface area contributed by atoms with E-state index in [9.17, 15) is 14.4 Å². The van der Waals surface area contributed by atoms with Crippen molar-refractivity contribution >= 4 is 17.8 Å². The zero-order chi connectivity index (χ0) is 15.2. The summed E-state index contributed by atoms with van der Waals surface area (Å²) in [6.07, 6.45) is -1.24. The molecule has 0 bridgehead atoms. The minimum absolute atomic E-state index is 0.0766. The zero-order valence-electron chi connectivity index (χ0n) is 11.2. The third kappa shape index (κ3) is 6.16. The molecule has 8 heteroatoms. The van der Waals surface area contributed by atoms with E-state index in [0.29, 0.717) is 0 Å². The molecule has 0 unspecified atom stereocenters. The van der Waals surface area contributed by atoms with Crippen molar-refractivity contribution in [2.24, 2.45) is 11.7 Å². The van der Waals surface area contributed by atoms with Crippen molar-refractivity contribution in [1.29, 1.82) is 0 Å². The third-order valence-electron chi connectivity index (χ3n) is 2.51. The Bertz CT molecular complexity index is 343. The van der Waals surface area contributed by atoms with Gasteiger partial charge in [0.2, 0.25) is 11.8 Å². The van der Waals surface area contributed by atoms with Crippen LogP contribution in [-0.2, 0) is 14.4 Å². The number of aliphatic hydroxyl groups is 1. The van der Waals surface area contributed by atoms with Gasteiger partial charge in [0.25, 0.3) is 0 Å². The van der Waals surface area contributed by atoms with E-state index in [1.807, 2.05) is 0 Å². The van der Waals surface area contributed by atoms with Gasteiger partial charge in [0.1, 0.15) is 0 Å². The highest BCUT2D eigenvalue weighted by atomic mass is 16.4. The minimum Gasteiger partial charge on any atom is -0.480 e. The highest BCUT2D eigenvalue weighted by Gasteiger charge is 2.25. The molecule has 8 nitrogen and oxygen atoms in total. The quantitative estimate of drug-likeness (QED) is 0.365. The van der Waals surface area contributed by atoms with E-state index in [2.05, 4.69) is 10.6 Å². The molecule has 6 N–H and O–H groups in total. The van der Waals surface area contributed by atoms with Crippen LogP contribution in [0, 0.1) is 5.92 Å². The first kappa shape index (κ1) is 17.3. The van der Waals surface area contributed by atoms with Gasteiger partial charge in [-0.05, 0) is 12.8 Å². The summed E-state index contributed by atoms with van der Waals surface area (Å²) in [7, 11) is 0. The van der Waals surface area contributed by atoms with Crippen molar-refractivity contribution in [3.05, 3.63) is 0 Å². The summed E-state index contributed by atoms with van der Waals surface area (Å²) in [5.74, 6) is -2.63. The van der Waals surface area contributed by atoms with Gasteiger partial charge in [0.05, 0.1) is 18.7 Å². The lowest BCUT2D eigenvalue weighted by Gasteiger charge is -2.18. The van der Waals surface area contributed by atoms with Crippen molar-refractivity contribution in [3.8, 4) is 0 Å². The SMILES string of the molecule is CC(C)[C@H](N)C(=O)NCC(=O)N[C@H](C(=O)O)[C@@H](C)O. The van der Waals surface area contributed by atoms with Crippen LogP contribution in [0.25, 0.3) is 0 Å². The number of rotatable bonds is 7. The van der Waals surface area contributed by atoms with Gasteiger partial charge in [-0.1, -0.05) is 13.8 Å². The van der Waals surface area contributed by atoms with Crippen LogP contribution in [0.4, 0.5) is 0 Å². The van der Waals surface area contributed by atoms with E-state index < -0.39 is 42.5 Å². The third-order valence-corrected chi connectivity index (χ3v) is 2.51. The maximum Gasteiger partial charge on any atom is 0.328 e. The number of carboxylic acids is 1. The predicted octanol–water partition coefficient (Wildman–Crippen LogP) is -1.96. The first-order valence-corrected chi connectivity index (χ1v) is 5.90. The number of aliphatic hydroxyl groups excluding tert-OH is 1. The summed E-state index contributed by atoms with van der Waals surface area (Å²) in [6, 6.07) is -2.15. The number of amides is 2. The van der Waals surface area contributed by atoms with Crippen LogP contribution in [0.3, 0.4) is 0 Å². The number of carbonyl (C=O) groups is 3. The normalized spacial score (nSPS) is 15.5. The van der Waals surface area contributed by atoms with Crippen LogP contribution in [0.2, 0.25) is 0 Å². The van der Waals surface area contributed by atoms with Gasteiger partial charge >= 0.3 is 5.97 Å². The first-order valence-electron chi connectivity index (χ1n) is 5.90. The van der Waals surface area contributed by atoms with E-state index in [1.54, 1.807) is 13.8 Å². The summed E-state index contributed by atoms with van der Waals surface area (Å²) in [5.41, 5.74) is 5.57. The Morgan fingerprint density at radius 1 is 1.21 bits per heavy atom. The molecule has 110 valence electrons. The van der Waals surface area contributed by atoms with E-state index >= 15 is 0 Å². The predicted molar refractivity (Wildman–Crippen MR) is 67.1 cm³/mol. The Morgan fingerprint density at radius 3 is 2.11 bits per heavy atom. The highest BCUT2D eigenvalue weighted by molar-refractivity contribution is 5.89. The van der Waals surface area contributed by atoms with Gasteiger partial charge in [-0.15, -0.1) is 0 Å². The monoisotopic (exact) mass is 275 g/mol. The molecule has 0 heterocycles. The van der Waals surface area contributed by atoms with E-state index in [0.717, 1.165) is 0 Å². The van der Waals surface area contributed by atoms with Crippen LogP contribution < -0.4 is 16.4 Å². The maximum atomic E-state index is 11.5. The van der Waals surface area contributed by atoms with Gasteiger partial charge in [-0.3, -0.25) is 9.59 Å². The zero-order valence-corrected chi connectivity index (χ0v) is 11.2. The molecule has 19 heavy (non-hydrogen) atoms. The van der Waals surface area contributed by atoms with Crippen molar-refractivity contribution < 1.29 is 24.6 Å². The van der Waals surface area contributed by atoms with Gasteiger partial charge in [0, 0.05) is 0 Å². The molecular formula is C11H21N3O5. The lowest BCUT2D eigenvalue weighted by molar-refractivity contribution is -0.144. The first-order chi connectivity index (χ1) is 8.66. The average molecular weight is 275 g/mol. The Labute approximate surface area is 111 Å². The largest absolute Gasteiger partial charge is 0.480 e. The lowest BCUT2D eigenvalue weighted by atomic mass is 10.1. The Hall–Kier alpha value is -1.67. The van der Waals surface area contributed by atoms with E-state index in [-0.39, 0.29) is 5.92 Å². The second kappa shape index (κ2) is 7.70. The van der Waals surface area contributed by atoms with Gasteiger partial charge in [-0.25, -0.2) is 4.79 Å². The van der Waals surface area contributed by atoms with Gasteiger partial charge < -0.3 is 26.6 Å². The summed E-state index contributed by atoms with van der Waals surface area (Å²) in [5, 5.41) is 22.3. The number of nitrogens with one attached hydrogen (secondary N) is 2. The number of nitrogens with two attached hydrogens (primary N) is 1. The fourth-order valence-corrected chi connectivity index (χ4v) is 1.20. The molecule has 0 fully saturated rings.